The summed E-state index contributed by atoms with van der Waals surface area (Å²) in [5.41, 5.74) is 0.966. The third kappa shape index (κ3) is 1.95. The predicted molar refractivity (Wildman–Crippen MR) is 72.5 cm³/mol. The first-order valence-corrected chi connectivity index (χ1v) is 6.69. The number of rotatable bonds is 2. The average molecular weight is 266 g/mol. The van der Waals surface area contributed by atoms with Gasteiger partial charge in [0.05, 0.1) is 24.6 Å². The van der Waals surface area contributed by atoms with Crippen LogP contribution in [0, 0.1) is 0 Å². The minimum atomic E-state index is 0.0987. The van der Waals surface area contributed by atoms with Gasteiger partial charge in [0.1, 0.15) is 11.5 Å². The minimum absolute atomic E-state index is 0.0987. The normalized spacial score (nSPS) is 24.7. The Labute approximate surface area is 111 Å². The molecule has 3 heterocycles. The zero-order valence-electron chi connectivity index (χ0n) is 10.3. The number of ether oxygens (including phenoxy) is 1. The molecule has 1 fully saturated rings. The number of halogens is 1. The number of nitrogens with zero attached hydrogens (tertiary/aromatic N) is 3. The van der Waals surface area contributed by atoms with E-state index in [0.717, 1.165) is 18.0 Å². The van der Waals surface area contributed by atoms with Crippen molar-refractivity contribution in [1.82, 2.24) is 9.38 Å². The maximum atomic E-state index is 5.91. The number of morpholine rings is 1. The molecule has 0 saturated carbocycles. The molecule has 1 saturated heterocycles. The molecule has 2 aromatic heterocycles. The molecular formula is C13H16ClN3O. The summed E-state index contributed by atoms with van der Waals surface area (Å²) in [6.45, 7) is 3.70. The molecule has 1 aliphatic rings. The quantitative estimate of drug-likeness (QED) is 0.780. The Hall–Kier alpha value is -1.26. The summed E-state index contributed by atoms with van der Waals surface area (Å²) < 4.78 is 7.79. The molecule has 0 N–H and O–H groups in total. The molecule has 0 aliphatic carbocycles. The molecule has 96 valence electrons. The number of imidazole rings is 1. The monoisotopic (exact) mass is 265 g/mol. The highest BCUT2D eigenvalue weighted by atomic mass is 35.5. The maximum absolute atomic E-state index is 5.91. The number of anilines is 1. The molecule has 2 atom stereocenters. The fourth-order valence-corrected chi connectivity index (χ4v) is 2.58. The first-order chi connectivity index (χ1) is 8.79. The van der Waals surface area contributed by atoms with Crippen molar-refractivity contribution in [2.24, 2.45) is 0 Å². The Morgan fingerprint density at radius 3 is 3.22 bits per heavy atom. The molecule has 1 aliphatic heterocycles. The van der Waals surface area contributed by atoms with Gasteiger partial charge in [0.2, 0.25) is 0 Å². The lowest BCUT2D eigenvalue weighted by molar-refractivity contribution is 0.0360. The van der Waals surface area contributed by atoms with Crippen molar-refractivity contribution in [2.45, 2.75) is 19.1 Å². The number of aromatic nitrogens is 2. The largest absolute Gasteiger partial charge is 0.373 e. The first-order valence-electron chi connectivity index (χ1n) is 6.16. The molecule has 2 aromatic rings. The van der Waals surface area contributed by atoms with Crippen molar-refractivity contribution in [3.8, 4) is 0 Å². The lowest BCUT2D eigenvalue weighted by Gasteiger charge is -2.39. The predicted octanol–water partition coefficient (Wildman–Crippen LogP) is 2.17. The highest BCUT2D eigenvalue weighted by Crippen LogP contribution is 2.23. The summed E-state index contributed by atoms with van der Waals surface area (Å²) in [5, 5.41) is 0. The van der Waals surface area contributed by atoms with Gasteiger partial charge in [0, 0.05) is 18.9 Å². The number of hydrogen-bond donors (Lipinski definition) is 0. The summed E-state index contributed by atoms with van der Waals surface area (Å²) in [7, 11) is 0. The van der Waals surface area contributed by atoms with Crippen LogP contribution in [0.3, 0.4) is 0 Å². The van der Waals surface area contributed by atoms with Gasteiger partial charge in [-0.25, -0.2) is 4.98 Å². The van der Waals surface area contributed by atoms with E-state index in [1.807, 2.05) is 24.5 Å². The second kappa shape index (κ2) is 4.78. The minimum Gasteiger partial charge on any atom is -0.373 e. The van der Waals surface area contributed by atoms with Gasteiger partial charge in [-0.05, 0) is 19.1 Å². The molecule has 2 unspecified atom stereocenters. The van der Waals surface area contributed by atoms with Gasteiger partial charge in [-0.3, -0.25) is 4.40 Å². The third-order valence-electron chi connectivity index (χ3n) is 3.38. The smallest absolute Gasteiger partial charge is 0.138 e. The Kier molecular flexibility index (Phi) is 3.14. The standard InChI is InChI=1S/C13H16ClN3O/c1-10-9-18-11(7-14)8-17(10)13-4-2-3-12-15-5-6-16(12)13/h2-6,10-11H,7-9H2,1H3. The van der Waals surface area contributed by atoms with Crippen LogP contribution < -0.4 is 4.90 Å². The summed E-state index contributed by atoms with van der Waals surface area (Å²) in [6.07, 6.45) is 3.91. The second-order valence-electron chi connectivity index (χ2n) is 4.65. The van der Waals surface area contributed by atoms with Crippen LogP contribution in [0.15, 0.2) is 30.6 Å². The van der Waals surface area contributed by atoms with E-state index in [9.17, 15) is 0 Å². The number of hydrogen-bond acceptors (Lipinski definition) is 3. The summed E-state index contributed by atoms with van der Waals surface area (Å²) in [4.78, 5) is 6.66. The van der Waals surface area contributed by atoms with E-state index in [-0.39, 0.29) is 6.10 Å². The van der Waals surface area contributed by atoms with Crippen molar-refractivity contribution in [1.29, 1.82) is 0 Å². The molecule has 3 rings (SSSR count). The molecular weight excluding hydrogens is 250 g/mol. The summed E-state index contributed by atoms with van der Waals surface area (Å²) in [6, 6.07) is 6.50. The van der Waals surface area contributed by atoms with Crippen LogP contribution in [-0.4, -0.2) is 40.6 Å². The van der Waals surface area contributed by atoms with E-state index in [2.05, 4.69) is 27.3 Å². The maximum Gasteiger partial charge on any atom is 0.138 e. The fourth-order valence-electron chi connectivity index (χ4n) is 2.40. The first kappa shape index (κ1) is 11.8. The molecule has 18 heavy (non-hydrogen) atoms. The van der Waals surface area contributed by atoms with Gasteiger partial charge in [-0.15, -0.1) is 11.6 Å². The lowest BCUT2D eigenvalue weighted by atomic mass is 10.2. The highest BCUT2D eigenvalue weighted by Gasteiger charge is 2.26. The van der Waals surface area contributed by atoms with Crippen LogP contribution in [0.5, 0.6) is 0 Å². The van der Waals surface area contributed by atoms with Crippen LogP contribution in [0.1, 0.15) is 6.92 Å². The van der Waals surface area contributed by atoms with Crippen molar-refractivity contribution < 1.29 is 4.74 Å². The summed E-state index contributed by atoms with van der Waals surface area (Å²) in [5.74, 6) is 1.68. The Morgan fingerprint density at radius 1 is 1.50 bits per heavy atom. The number of alkyl halides is 1. The zero-order valence-corrected chi connectivity index (χ0v) is 11.0. The van der Waals surface area contributed by atoms with Gasteiger partial charge in [-0.1, -0.05) is 6.07 Å². The SMILES string of the molecule is CC1COC(CCl)CN1c1cccc2nccn12. The molecule has 0 aromatic carbocycles. The van der Waals surface area contributed by atoms with Gasteiger partial charge >= 0.3 is 0 Å². The molecule has 4 nitrogen and oxygen atoms in total. The highest BCUT2D eigenvalue weighted by molar-refractivity contribution is 6.18. The van der Waals surface area contributed by atoms with Crippen LogP contribution >= 0.6 is 11.6 Å². The van der Waals surface area contributed by atoms with Gasteiger partial charge < -0.3 is 9.64 Å². The fraction of sp³-hybridized carbons (Fsp3) is 0.462. The molecule has 0 amide bonds. The topological polar surface area (TPSA) is 29.8 Å². The molecule has 5 heteroatoms. The van der Waals surface area contributed by atoms with E-state index in [0.29, 0.717) is 18.5 Å². The Morgan fingerprint density at radius 2 is 2.39 bits per heavy atom. The van der Waals surface area contributed by atoms with Gasteiger partial charge in [0.15, 0.2) is 0 Å². The van der Waals surface area contributed by atoms with Crippen molar-refractivity contribution in [3.63, 3.8) is 0 Å². The zero-order chi connectivity index (χ0) is 12.5. The Bertz CT molecular complexity index is 542. The molecule has 0 spiro atoms. The van der Waals surface area contributed by atoms with E-state index in [1.54, 1.807) is 0 Å². The van der Waals surface area contributed by atoms with Crippen molar-refractivity contribution in [3.05, 3.63) is 30.6 Å². The van der Waals surface area contributed by atoms with Crippen LogP contribution in [-0.2, 0) is 4.74 Å². The van der Waals surface area contributed by atoms with Crippen LogP contribution in [0.4, 0.5) is 5.82 Å². The van der Waals surface area contributed by atoms with Gasteiger partial charge in [-0.2, -0.15) is 0 Å². The number of pyridine rings is 1. The average Bonchev–Trinajstić information content (AvgIpc) is 2.87. The number of fused-ring (bicyclic) bond motifs is 1. The van der Waals surface area contributed by atoms with Crippen molar-refractivity contribution >= 4 is 23.1 Å². The van der Waals surface area contributed by atoms with E-state index >= 15 is 0 Å². The van der Waals surface area contributed by atoms with Gasteiger partial charge in [0.25, 0.3) is 0 Å². The van der Waals surface area contributed by atoms with Crippen LogP contribution in [0.25, 0.3) is 5.65 Å². The van der Waals surface area contributed by atoms with E-state index in [1.165, 1.54) is 0 Å². The van der Waals surface area contributed by atoms with Crippen LogP contribution in [0.2, 0.25) is 0 Å². The second-order valence-corrected chi connectivity index (χ2v) is 4.96. The Balaban J connectivity index is 1.99. The third-order valence-corrected chi connectivity index (χ3v) is 3.72. The lowest BCUT2D eigenvalue weighted by Crippen LogP contribution is -2.49. The van der Waals surface area contributed by atoms with Crippen molar-refractivity contribution in [2.75, 3.05) is 23.9 Å². The summed E-state index contributed by atoms with van der Waals surface area (Å²) >= 11 is 5.91. The molecule has 0 radical (unpaired) electrons. The van der Waals surface area contributed by atoms with E-state index in [4.69, 9.17) is 16.3 Å². The van der Waals surface area contributed by atoms with E-state index < -0.39 is 0 Å². The molecule has 0 bridgehead atoms.